The SMILES string of the molecule is CCN(C1=C(c2ccc(OC(C)C)cc2)C(=O)N(CCCOC)C1=O)c1ccccc1. The van der Waals surface area contributed by atoms with Crippen LogP contribution in [0.15, 0.2) is 60.3 Å². The fraction of sp³-hybridized carbons (Fsp3) is 0.360. The Hall–Kier alpha value is -3.12. The lowest BCUT2D eigenvalue weighted by Crippen LogP contribution is -2.36. The molecule has 2 aromatic carbocycles. The van der Waals surface area contributed by atoms with Crippen LogP contribution in [0.5, 0.6) is 5.75 Å². The molecule has 3 rings (SSSR count). The Morgan fingerprint density at radius 3 is 2.23 bits per heavy atom. The Bertz CT molecular complexity index is 936. The standard InChI is InChI=1S/C25H30N2O4/c1-5-26(20-10-7-6-8-11-20)23-22(19-12-14-21(15-13-19)31-18(2)3)24(28)27(25(23)29)16-9-17-30-4/h6-8,10-15,18H,5,9,16-17H2,1-4H3. The van der Waals surface area contributed by atoms with Crippen molar-refractivity contribution in [2.24, 2.45) is 0 Å². The molecular formula is C25H30N2O4. The predicted octanol–water partition coefficient (Wildman–Crippen LogP) is 4.12. The number of benzene rings is 2. The highest BCUT2D eigenvalue weighted by molar-refractivity contribution is 6.36. The molecule has 0 atom stereocenters. The van der Waals surface area contributed by atoms with Gasteiger partial charge >= 0.3 is 0 Å². The molecule has 0 saturated heterocycles. The summed E-state index contributed by atoms with van der Waals surface area (Å²) < 4.78 is 10.8. The Morgan fingerprint density at radius 1 is 0.968 bits per heavy atom. The van der Waals surface area contributed by atoms with Crippen LogP contribution >= 0.6 is 0 Å². The number of anilines is 1. The van der Waals surface area contributed by atoms with Crippen LogP contribution in [0.3, 0.4) is 0 Å². The number of likely N-dealkylation sites (N-methyl/N-ethyl adjacent to an activating group) is 1. The first-order valence-corrected chi connectivity index (χ1v) is 10.7. The van der Waals surface area contributed by atoms with Crippen LogP contribution < -0.4 is 9.64 Å². The number of carbonyl (C=O) groups is 2. The van der Waals surface area contributed by atoms with Gasteiger partial charge in [-0.05, 0) is 57.0 Å². The van der Waals surface area contributed by atoms with Crippen LogP contribution in [0.2, 0.25) is 0 Å². The molecular weight excluding hydrogens is 392 g/mol. The van der Waals surface area contributed by atoms with Crippen molar-refractivity contribution in [2.75, 3.05) is 31.7 Å². The monoisotopic (exact) mass is 422 g/mol. The fourth-order valence-corrected chi connectivity index (χ4v) is 3.69. The normalized spacial score (nSPS) is 14.0. The third-order valence-corrected chi connectivity index (χ3v) is 5.04. The summed E-state index contributed by atoms with van der Waals surface area (Å²) in [5.41, 5.74) is 2.41. The van der Waals surface area contributed by atoms with E-state index in [-0.39, 0.29) is 17.9 Å². The molecule has 0 N–H and O–H groups in total. The number of hydrogen-bond donors (Lipinski definition) is 0. The van der Waals surface area contributed by atoms with Gasteiger partial charge in [-0.15, -0.1) is 0 Å². The number of methoxy groups -OCH3 is 1. The summed E-state index contributed by atoms with van der Waals surface area (Å²) in [5, 5.41) is 0. The zero-order chi connectivity index (χ0) is 22.4. The number of carbonyl (C=O) groups excluding carboxylic acids is 2. The van der Waals surface area contributed by atoms with Crippen molar-refractivity contribution in [1.82, 2.24) is 4.90 Å². The van der Waals surface area contributed by atoms with Gasteiger partial charge in [0.05, 0.1) is 11.7 Å². The van der Waals surface area contributed by atoms with Gasteiger partial charge in [0.1, 0.15) is 11.4 Å². The lowest BCUT2D eigenvalue weighted by molar-refractivity contribution is -0.137. The van der Waals surface area contributed by atoms with Gasteiger partial charge in [-0.25, -0.2) is 0 Å². The number of para-hydroxylation sites is 1. The lowest BCUT2D eigenvalue weighted by Gasteiger charge is -2.25. The molecule has 0 unspecified atom stereocenters. The van der Waals surface area contributed by atoms with Gasteiger partial charge in [-0.1, -0.05) is 30.3 Å². The molecule has 0 aromatic heterocycles. The second kappa shape index (κ2) is 10.3. The Morgan fingerprint density at radius 2 is 1.65 bits per heavy atom. The van der Waals surface area contributed by atoms with Crippen molar-refractivity contribution in [3.8, 4) is 5.75 Å². The fourth-order valence-electron chi connectivity index (χ4n) is 3.69. The van der Waals surface area contributed by atoms with Gasteiger partial charge in [-0.3, -0.25) is 14.5 Å². The molecule has 164 valence electrons. The molecule has 0 bridgehead atoms. The predicted molar refractivity (Wildman–Crippen MR) is 122 cm³/mol. The van der Waals surface area contributed by atoms with Gasteiger partial charge < -0.3 is 14.4 Å². The van der Waals surface area contributed by atoms with Crippen molar-refractivity contribution in [1.29, 1.82) is 0 Å². The van der Waals surface area contributed by atoms with Gasteiger partial charge in [0, 0.05) is 32.5 Å². The first-order valence-electron chi connectivity index (χ1n) is 10.7. The molecule has 0 fully saturated rings. The molecule has 0 radical (unpaired) electrons. The van der Waals surface area contributed by atoms with Gasteiger partial charge in [0.2, 0.25) is 0 Å². The number of nitrogens with zero attached hydrogens (tertiary/aromatic N) is 2. The van der Waals surface area contributed by atoms with Crippen LogP contribution in [0.1, 0.15) is 32.8 Å². The summed E-state index contributed by atoms with van der Waals surface area (Å²) in [6, 6.07) is 17.0. The number of rotatable bonds is 10. The smallest absolute Gasteiger partial charge is 0.278 e. The largest absolute Gasteiger partial charge is 0.491 e. The zero-order valence-corrected chi connectivity index (χ0v) is 18.6. The quantitative estimate of drug-likeness (QED) is 0.426. The molecule has 1 aliphatic rings. The molecule has 0 aliphatic carbocycles. The first kappa shape index (κ1) is 22.6. The van der Waals surface area contributed by atoms with E-state index in [0.717, 1.165) is 11.4 Å². The molecule has 2 amide bonds. The maximum absolute atomic E-state index is 13.4. The molecule has 2 aromatic rings. The lowest BCUT2D eigenvalue weighted by atomic mass is 10.0. The zero-order valence-electron chi connectivity index (χ0n) is 18.6. The van der Waals surface area contributed by atoms with E-state index in [2.05, 4.69) is 0 Å². The summed E-state index contributed by atoms with van der Waals surface area (Å²) in [7, 11) is 1.61. The van der Waals surface area contributed by atoms with Crippen molar-refractivity contribution in [2.45, 2.75) is 33.3 Å². The average molecular weight is 423 g/mol. The van der Waals surface area contributed by atoms with Crippen molar-refractivity contribution in [3.05, 3.63) is 65.9 Å². The maximum Gasteiger partial charge on any atom is 0.278 e. The molecule has 6 nitrogen and oxygen atoms in total. The molecule has 0 spiro atoms. The van der Waals surface area contributed by atoms with Crippen LogP contribution in [0.25, 0.3) is 5.57 Å². The Labute approximate surface area is 184 Å². The minimum atomic E-state index is -0.275. The second-order valence-electron chi connectivity index (χ2n) is 7.60. The van der Waals surface area contributed by atoms with Crippen LogP contribution in [0.4, 0.5) is 5.69 Å². The third-order valence-electron chi connectivity index (χ3n) is 5.04. The van der Waals surface area contributed by atoms with E-state index >= 15 is 0 Å². The number of ether oxygens (including phenoxy) is 2. The second-order valence-corrected chi connectivity index (χ2v) is 7.60. The van der Waals surface area contributed by atoms with Crippen LogP contribution in [-0.4, -0.2) is 49.6 Å². The topological polar surface area (TPSA) is 59.1 Å². The molecule has 1 heterocycles. The van der Waals surface area contributed by atoms with E-state index in [1.54, 1.807) is 7.11 Å². The summed E-state index contributed by atoms with van der Waals surface area (Å²) in [6.07, 6.45) is 0.646. The van der Waals surface area contributed by atoms with Crippen LogP contribution in [-0.2, 0) is 14.3 Å². The van der Waals surface area contributed by atoms with Gasteiger partial charge in [0.15, 0.2) is 0 Å². The highest BCUT2D eigenvalue weighted by Crippen LogP contribution is 2.34. The number of imide groups is 1. The van der Waals surface area contributed by atoms with Gasteiger partial charge in [-0.2, -0.15) is 0 Å². The maximum atomic E-state index is 13.4. The first-order chi connectivity index (χ1) is 15.0. The van der Waals surface area contributed by atoms with Crippen molar-refractivity contribution < 1.29 is 19.1 Å². The average Bonchev–Trinajstić information content (AvgIpc) is 3.00. The van der Waals surface area contributed by atoms with E-state index in [0.29, 0.717) is 43.0 Å². The van der Waals surface area contributed by atoms with E-state index in [1.807, 2.05) is 80.3 Å². The third kappa shape index (κ3) is 4.97. The Balaban J connectivity index is 2.05. The molecule has 6 heteroatoms. The summed E-state index contributed by atoms with van der Waals surface area (Å²) >= 11 is 0. The van der Waals surface area contributed by atoms with Crippen molar-refractivity contribution in [3.63, 3.8) is 0 Å². The minimum Gasteiger partial charge on any atom is -0.491 e. The van der Waals surface area contributed by atoms with Gasteiger partial charge in [0.25, 0.3) is 11.8 Å². The number of hydrogen-bond acceptors (Lipinski definition) is 5. The van der Waals surface area contributed by atoms with Crippen LogP contribution in [0, 0.1) is 0 Å². The van der Waals surface area contributed by atoms with E-state index < -0.39 is 0 Å². The summed E-state index contributed by atoms with van der Waals surface area (Å²) in [4.78, 5) is 30.0. The molecule has 1 aliphatic heterocycles. The molecule has 31 heavy (non-hydrogen) atoms. The molecule has 0 saturated carbocycles. The van der Waals surface area contributed by atoms with E-state index in [4.69, 9.17) is 9.47 Å². The summed E-state index contributed by atoms with van der Waals surface area (Å²) in [6.45, 7) is 7.26. The number of amides is 2. The highest BCUT2D eigenvalue weighted by Gasteiger charge is 2.41. The summed E-state index contributed by atoms with van der Waals surface area (Å²) in [5.74, 6) is 0.178. The van der Waals surface area contributed by atoms with E-state index in [1.165, 1.54) is 4.90 Å². The van der Waals surface area contributed by atoms with Crippen molar-refractivity contribution >= 4 is 23.1 Å². The van der Waals surface area contributed by atoms with E-state index in [9.17, 15) is 9.59 Å². The minimum absolute atomic E-state index is 0.0558. The Kier molecular flexibility index (Phi) is 7.47. The highest BCUT2D eigenvalue weighted by atomic mass is 16.5.